The van der Waals surface area contributed by atoms with E-state index in [2.05, 4.69) is 28.6 Å². The number of amides is 2. The van der Waals surface area contributed by atoms with Crippen LogP contribution in [-0.4, -0.2) is 33.5 Å². The number of hydrogen-bond donors (Lipinski definition) is 1. The summed E-state index contributed by atoms with van der Waals surface area (Å²) >= 11 is 1.70. The number of anilines is 1. The van der Waals surface area contributed by atoms with Crippen LogP contribution in [0.2, 0.25) is 0 Å². The summed E-state index contributed by atoms with van der Waals surface area (Å²) in [4.78, 5) is 27.9. The molecule has 0 aliphatic rings. The van der Waals surface area contributed by atoms with Crippen LogP contribution in [0.1, 0.15) is 25.6 Å². The molecule has 0 fully saturated rings. The number of nitrogens with zero attached hydrogens (tertiary/aromatic N) is 3. The lowest BCUT2D eigenvalue weighted by molar-refractivity contribution is 0.0786. The molecule has 0 aliphatic heterocycles. The summed E-state index contributed by atoms with van der Waals surface area (Å²) in [5.41, 5.74) is 2.38. The summed E-state index contributed by atoms with van der Waals surface area (Å²) in [5, 5.41) is 8.26. The van der Waals surface area contributed by atoms with E-state index in [1.54, 1.807) is 51.5 Å². The smallest absolute Gasteiger partial charge is 0.259 e. The maximum absolute atomic E-state index is 12.9. The second-order valence-corrected chi connectivity index (χ2v) is 8.77. The van der Waals surface area contributed by atoms with E-state index in [4.69, 9.17) is 4.42 Å². The highest BCUT2D eigenvalue weighted by molar-refractivity contribution is 7.19. The number of thiophene rings is 1. The second kappa shape index (κ2) is 8.76. The molecule has 7 nitrogen and oxygen atoms in total. The fraction of sp³-hybridized carbons (Fsp3) is 0.0800. The van der Waals surface area contributed by atoms with Gasteiger partial charge in [0.15, 0.2) is 0 Å². The fourth-order valence-corrected chi connectivity index (χ4v) is 4.64. The molecule has 8 heteroatoms. The van der Waals surface area contributed by atoms with Crippen LogP contribution in [0.15, 0.2) is 90.0 Å². The van der Waals surface area contributed by atoms with Gasteiger partial charge >= 0.3 is 0 Å². The van der Waals surface area contributed by atoms with E-state index >= 15 is 0 Å². The largest absolute Gasteiger partial charge is 0.472 e. The molecule has 0 saturated carbocycles. The first-order valence-electron chi connectivity index (χ1n) is 10.3. The van der Waals surface area contributed by atoms with E-state index < -0.39 is 0 Å². The standard InChI is InChI=1S/C25H20N4O3S/c1-28(15-22-12-18-4-2-3-5-23(18)33-22)25(31)17-6-8-21(9-7-17)29-14-20(13-26-29)27-24(30)19-10-11-32-16-19/h2-14,16H,15H2,1H3,(H,27,30). The molecule has 1 N–H and O–H groups in total. The summed E-state index contributed by atoms with van der Waals surface area (Å²) in [5.74, 6) is -0.321. The molecule has 0 radical (unpaired) electrons. The number of benzene rings is 2. The first-order valence-corrected chi connectivity index (χ1v) is 11.1. The Labute approximate surface area is 193 Å². The highest BCUT2D eigenvalue weighted by atomic mass is 32.1. The van der Waals surface area contributed by atoms with Crippen molar-refractivity contribution in [2.24, 2.45) is 0 Å². The van der Waals surface area contributed by atoms with Crippen molar-refractivity contribution in [3.8, 4) is 5.69 Å². The predicted octanol–water partition coefficient (Wildman–Crippen LogP) is 5.20. The Morgan fingerprint density at radius 2 is 1.91 bits per heavy atom. The summed E-state index contributed by atoms with van der Waals surface area (Å²) in [6, 6.07) is 19.2. The molecular formula is C25H20N4O3S. The van der Waals surface area contributed by atoms with Crippen LogP contribution in [0.3, 0.4) is 0 Å². The van der Waals surface area contributed by atoms with E-state index in [1.807, 2.05) is 31.3 Å². The number of aromatic nitrogens is 2. The van der Waals surface area contributed by atoms with Crippen LogP contribution in [0, 0.1) is 0 Å². The summed E-state index contributed by atoms with van der Waals surface area (Å²) < 4.78 is 7.79. The number of rotatable bonds is 6. The van der Waals surface area contributed by atoms with Crippen LogP contribution >= 0.6 is 11.3 Å². The molecule has 0 unspecified atom stereocenters. The molecule has 2 aromatic carbocycles. The number of fused-ring (bicyclic) bond motifs is 1. The third kappa shape index (κ3) is 4.42. The number of carbonyl (C=O) groups excluding carboxylic acids is 2. The molecule has 0 saturated heterocycles. The number of nitrogens with one attached hydrogen (secondary N) is 1. The second-order valence-electron chi connectivity index (χ2n) is 7.60. The zero-order valence-corrected chi connectivity index (χ0v) is 18.6. The lowest BCUT2D eigenvalue weighted by Gasteiger charge is -2.16. The van der Waals surface area contributed by atoms with Crippen molar-refractivity contribution in [1.82, 2.24) is 14.7 Å². The maximum atomic E-state index is 12.9. The molecule has 0 bridgehead atoms. The Hall–Kier alpha value is -4.17. The quantitative estimate of drug-likeness (QED) is 0.381. The molecule has 5 rings (SSSR count). The molecule has 5 aromatic rings. The van der Waals surface area contributed by atoms with Gasteiger partial charge in [0, 0.05) is 22.2 Å². The molecule has 0 atom stereocenters. The van der Waals surface area contributed by atoms with Crippen LogP contribution in [0.4, 0.5) is 5.69 Å². The van der Waals surface area contributed by atoms with Gasteiger partial charge in [0.1, 0.15) is 6.26 Å². The maximum Gasteiger partial charge on any atom is 0.259 e. The van der Waals surface area contributed by atoms with Crippen LogP contribution in [0.25, 0.3) is 15.8 Å². The molecule has 164 valence electrons. The first-order chi connectivity index (χ1) is 16.1. The van der Waals surface area contributed by atoms with Gasteiger partial charge in [0.05, 0.1) is 42.1 Å². The summed E-state index contributed by atoms with van der Waals surface area (Å²) in [7, 11) is 1.81. The molecule has 33 heavy (non-hydrogen) atoms. The van der Waals surface area contributed by atoms with Crippen LogP contribution in [-0.2, 0) is 6.54 Å². The Morgan fingerprint density at radius 3 is 2.67 bits per heavy atom. The molecule has 0 aliphatic carbocycles. The third-order valence-electron chi connectivity index (χ3n) is 5.22. The van der Waals surface area contributed by atoms with Crippen molar-refractivity contribution in [3.05, 3.63) is 102 Å². The highest BCUT2D eigenvalue weighted by Gasteiger charge is 2.14. The van der Waals surface area contributed by atoms with Gasteiger partial charge in [0.2, 0.25) is 0 Å². The molecule has 3 heterocycles. The monoisotopic (exact) mass is 456 g/mol. The van der Waals surface area contributed by atoms with Crippen molar-refractivity contribution < 1.29 is 14.0 Å². The van der Waals surface area contributed by atoms with E-state index in [1.165, 1.54) is 22.6 Å². The zero-order valence-electron chi connectivity index (χ0n) is 17.8. The highest BCUT2D eigenvalue weighted by Crippen LogP contribution is 2.26. The lowest BCUT2D eigenvalue weighted by atomic mass is 10.2. The minimum absolute atomic E-state index is 0.0486. The average molecular weight is 457 g/mol. The van der Waals surface area contributed by atoms with Gasteiger partial charge in [0.25, 0.3) is 11.8 Å². The van der Waals surface area contributed by atoms with Gasteiger partial charge in [-0.3, -0.25) is 9.59 Å². The first kappa shape index (κ1) is 20.7. The summed E-state index contributed by atoms with van der Waals surface area (Å²) in [6.07, 6.45) is 6.10. The van der Waals surface area contributed by atoms with E-state index in [9.17, 15) is 9.59 Å². The molecular weight excluding hydrogens is 436 g/mol. The average Bonchev–Trinajstić information content (AvgIpc) is 3.59. The van der Waals surface area contributed by atoms with Gasteiger partial charge < -0.3 is 14.6 Å². The number of furan rings is 1. The van der Waals surface area contributed by atoms with Gasteiger partial charge in [-0.2, -0.15) is 5.10 Å². The van der Waals surface area contributed by atoms with Crippen molar-refractivity contribution in [2.45, 2.75) is 6.54 Å². The minimum atomic E-state index is -0.272. The minimum Gasteiger partial charge on any atom is -0.472 e. The van der Waals surface area contributed by atoms with Crippen molar-refractivity contribution >= 4 is 38.9 Å². The fourth-order valence-electron chi connectivity index (χ4n) is 3.52. The number of carbonyl (C=O) groups is 2. The van der Waals surface area contributed by atoms with E-state index in [0.717, 1.165) is 10.6 Å². The molecule has 3 aromatic heterocycles. The Balaban J connectivity index is 1.24. The van der Waals surface area contributed by atoms with Gasteiger partial charge in [-0.1, -0.05) is 18.2 Å². The van der Waals surface area contributed by atoms with Gasteiger partial charge in [-0.15, -0.1) is 11.3 Å². The van der Waals surface area contributed by atoms with E-state index in [-0.39, 0.29) is 11.8 Å². The lowest BCUT2D eigenvalue weighted by Crippen LogP contribution is -2.25. The van der Waals surface area contributed by atoms with Crippen molar-refractivity contribution in [3.63, 3.8) is 0 Å². The summed E-state index contributed by atoms with van der Waals surface area (Å²) in [6.45, 7) is 0.554. The Bertz CT molecular complexity index is 1380. The Morgan fingerprint density at radius 1 is 1.09 bits per heavy atom. The van der Waals surface area contributed by atoms with Gasteiger partial charge in [-0.05, 0) is 47.9 Å². The zero-order chi connectivity index (χ0) is 22.8. The van der Waals surface area contributed by atoms with Crippen LogP contribution < -0.4 is 5.32 Å². The Kier molecular flexibility index (Phi) is 5.50. The van der Waals surface area contributed by atoms with Gasteiger partial charge in [-0.25, -0.2) is 4.68 Å². The van der Waals surface area contributed by atoms with E-state index in [0.29, 0.717) is 23.4 Å². The molecule has 0 spiro atoms. The number of hydrogen-bond acceptors (Lipinski definition) is 5. The van der Waals surface area contributed by atoms with Crippen molar-refractivity contribution in [2.75, 3.05) is 12.4 Å². The SMILES string of the molecule is CN(Cc1cc2ccccc2s1)C(=O)c1ccc(-n2cc(NC(=O)c3ccoc3)cn2)cc1. The predicted molar refractivity (Wildman–Crippen MR) is 128 cm³/mol. The topological polar surface area (TPSA) is 80.4 Å². The third-order valence-corrected chi connectivity index (χ3v) is 6.32. The van der Waals surface area contributed by atoms with Crippen LogP contribution in [0.5, 0.6) is 0 Å². The van der Waals surface area contributed by atoms with Crippen molar-refractivity contribution in [1.29, 1.82) is 0 Å². The normalized spacial score (nSPS) is 10.9. The molecule has 2 amide bonds.